The molecular formula is C26H27ClN3O5S+. The van der Waals surface area contributed by atoms with E-state index in [0.717, 1.165) is 10.5 Å². The van der Waals surface area contributed by atoms with Crippen molar-refractivity contribution in [3.8, 4) is 5.88 Å². The number of imide groups is 1. The van der Waals surface area contributed by atoms with Gasteiger partial charge in [-0.05, 0) is 41.3 Å². The zero-order chi connectivity index (χ0) is 26.6. The lowest BCUT2D eigenvalue weighted by atomic mass is 9.87. The van der Waals surface area contributed by atoms with Gasteiger partial charge < -0.3 is 4.74 Å². The van der Waals surface area contributed by atoms with Gasteiger partial charge in [-0.2, -0.15) is 4.57 Å². The topological polar surface area (TPSA) is 96.7 Å². The van der Waals surface area contributed by atoms with E-state index in [0.29, 0.717) is 17.3 Å². The van der Waals surface area contributed by atoms with Crippen LogP contribution < -0.4 is 18.9 Å². The molecule has 2 heterocycles. The van der Waals surface area contributed by atoms with Crippen molar-refractivity contribution < 1.29 is 27.3 Å². The van der Waals surface area contributed by atoms with Crippen LogP contribution in [0.5, 0.6) is 5.88 Å². The molecule has 0 unspecified atom stereocenters. The number of nitrogens with zero attached hydrogens (tertiary/aromatic N) is 2. The first-order valence-electron chi connectivity index (χ1n) is 11.2. The molecule has 10 heteroatoms. The quantitative estimate of drug-likeness (QED) is 0.391. The van der Waals surface area contributed by atoms with E-state index in [1.165, 1.54) is 31.4 Å². The number of carbonyl (C=O) groups excluding carboxylic acids is 2. The van der Waals surface area contributed by atoms with Gasteiger partial charge in [-0.1, -0.05) is 44.5 Å². The van der Waals surface area contributed by atoms with Gasteiger partial charge in [-0.25, -0.2) is 13.3 Å². The first-order chi connectivity index (χ1) is 16.8. The summed E-state index contributed by atoms with van der Waals surface area (Å²) >= 11 is 6.32. The fraction of sp³-hybridized carbons (Fsp3) is 0.269. The smallest absolute Gasteiger partial charge is 0.367 e. The molecule has 2 amide bonds. The van der Waals surface area contributed by atoms with Gasteiger partial charge in [0.1, 0.15) is 12.7 Å². The maximum Gasteiger partial charge on any atom is 0.367 e. The van der Waals surface area contributed by atoms with Crippen molar-refractivity contribution in [3.63, 3.8) is 0 Å². The Morgan fingerprint density at radius 3 is 2.14 bits per heavy atom. The molecule has 1 aliphatic heterocycles. The highest BCUT2D eigenvalue weighted by Gasteiger charge is 2.43. The maximum absolute atomic E-state index is 13.5. The number of ether oxygens (including phenoxy) is 1. The summed E-state index contributed by atoms with van der Waals surface area (Å²) in [4.78, 5) is 28.0. The SMILES string of the molecule is COc1ccc(N2C(=O)c3c(Cl)ccc(NS(=O)(=O)c4ccc(C(C)(C)C)cc4)c3C2=O)c(C)[n+]1C. The van der Waals surface area contributed by atoms with Crippen molar-refractivity contribution in [2.45, 2.75) is 38.0 Å². The molecule has 0 bridgehead atoms. The Hall–Kier alpha value is -3.43. The molecule has 4 rings (SSSR count). The number of amides is 2. The normalized spacial score (nSPS) is 13.7. The van der Waals surface area contributed by atoms with Gasteiger partial charge in [-0.15, -0.1) is 0 Å². The second-order valence-corrected chi connectivity index (χ2v) is 11.7. The second kappa shape index (κ2) is 8.90. The van der Waals surface area contributed by atoms with E-state index in [2.05, 4.69) is 4.72 Å². The minimum atomic E-state index is -4.05. The summed E-state index contributed by atoms with van der Waals surface area (Å²) in [5.41, 5.74) is 1.61. The lowest BCUT2D eigenvalue weighted by Crippen LogP contribution is -2.38. The van der Waals surface area contributed by atoms with Gasteiger partial charge in [0.2, 0.25) is 5.69 Å². The van der Waals surface area contributed by atoms with E-state index in [-0.39, 0.29) is 32.1 Å². The summed E-state index contributed by atoms with van der Waals surface area (Å²) in [5, 5.41) is 0.0545. The molecule has 0 radical (unpaired) electrons. The minimum Gasteiger partial charge on any atom is -0.448 e. The fourth-order valence-electron chi connectivity index (χ4n) is 4.13. The molecule has 0 atom stereocenters. The van der Waals surface area contributed by atoms with Crippen LogP contribution in [0.25, 0.3) is 0 Å². The van der Waals surface area contributed by atoms with Gasteiger partial charge in [0.25, 0.3) is 21.8 Å². The van der Waals surface area contributed by atoms with Gasteiger partial charge >= 0.3 is 5.88 Å². The average Bonchev–Trinajstić information content (AvgIpc) is 3.08. The summed E-state index contributed by atoms with van der Waals surface area (Å²) in [5.74, 6) is -0.771. The van der Waals surface area contributed by atoms with Crippen LogP contribution in [0.3, 0.4) is 0 Å². The van der Waals surface area contributed by atoms with Crippen LogP contribution in [0.2, 0.25) is 5.02 Å². The third-order valence-electron chi connectivity index (χ3n) is 6.30. The predicted molar refractivity (Wildman–Crippen MR) is 137 cm³/mol. The van der Waals surface area contributed by atoms with Crippen molar-refractivity contribution in [1.29, 1.82) is 0 Å². The number of hydrogen-bond acceptors (Lipinski definition) is 5. The average molecular weight is 529 g/mol. The first kappa shape index (κ1) is 25.7. The zero-order valence-electron chi connectivity index (χ0n) is 20.8. The highest BCUT2D eigenvalue weighted by molar-refractivity contribution is 7.92. The van der Waals surface area contributed by atoms with Crippen LogP contribution in [0.15, 0.2) is 53.4 Å². The number of rotatable bonds is 5. The Morgan fingerprint density at radius 2 is 1.56 bits per heavy atom. The Labute approximate surface area is 215 Å². The van der Waals surface area contributed by atoms with Crippen molar-refractivity contribution >= 4 is 44.8 Å². The molecule has 1 N–H and O–H groups in total. The van der Waals surface area contributed by atoms with E-state index >= 15 is 0 Å². The number of fused-ring (bicyclic) bond motifs is 1. The Balaban J connectivity index is 1.76. The summed E-state index contributed by atoms with van der Waals surface area (Å²) in [6.45, 7) is 7.84. The lowest BCUT2D eigenvalue weighted by Gasteiger charge is -2.19. The number of benzene rings is 2. The lowest BCUT2D eigenvalue weighted by molar-refractivity contribution is -0.682. The fourth-order valence-corrected chi connectivity index (χ4v) is 5.44. The van der Waals surface area contributed by atoms with Gasteiger partial charge in [0.05, 0.1) is 39.9 Å². The molecule has 1 aromatic heterocycles. The number of halogens is 1. The van der Waals surface area contributed by atoms with Crippen LogP contribution in [-0.4, -0.2) is 27.3 Å². The third kappa shape index (κ3) is 4.22. The van der Waals surface area contributed by atoms with Crippen LogP contribution >= 0.6 is 11.6 Å². The maximum atomic E-state index is 13.5. The van der Waals surface area contributed by atoms with E-state index in [1.807, 2.05) is 20.8 Å². The van der Waals surface area contributed by atoms with E-state index in [9.17, 15) is 18.0 Å². The molecule has 0 saturated heterocycles. The van der Waals surface area contributed by atoms with Crippen molar-refractivity contribution in [2.24, 2.45) is 7.05 Å². The Kier molecular flexibility index (Phi) is 6.34. The Bertz CT molecular complexity index is 1510. The largest absolute Gasteiger partial charge is 0.448 e. The molecule has 0 aliphatic carbocycles. The van der Waals surface area contributed by atoms with Crippen molar-refractivity contribution in [3.05, 3.63) is 75.9 Å². The highest BCUT2D eigenvalue weighted by Crippen LogP contribution is 2.38. The zero-order valence-corrected chi connectivity index (χ0v) is 22.4. The summed E-state index contributed by atoms with van der Waals surface area (Å²) < 4.78 is 35.8. The number of sulfonamides is 1. The minimum absolute atomic E-state index is 0.0225. The molecule has 36 heavy (non-hydrogen) atoms. The summed E-state index contributed by atoms with van der Waals surface area (Å²) in [6.07, 6.45) is 0. The van der Waals surface area contributed by atoms with Crippen molar-refractivity contribution in [2.75, 3.05) is 16.7 Å². The molecule has 0 fully saturated rings. The second-order valence-electron chi connectivity index (χ2n) is 9.58. The number of nitrogens with one attached hydrogen (secondary N) is 1. The van der Waals surface area contributed by atoms with Crippen LogP contribution in [0, 0.1) is 6.92 Å². The Morgan fingerprint density at radius 1 is 0.944 bits per heavy atom. The van der Waals surface area contributed by atoms with Crippen molar-refractivity contribution in [1.82, 2.24) is 0 Å². The van der Waals surface area contributed by atoms with Gasteiger partial charge in [-0.3, -0.25) is 14.3 Å². The number of anilines is 2. The molecule has 0 spiro atoms. The number of carbonyl (C=O) groups is 2. The molecular weight excluding hydrogens is 502 g/mol. The van der Waals surface area contributed by atoms with E-state index in [1.54, 1.807) is 42.8 Å². The molecule has 8 nitrogen and oxygen atoms in total. The molecule has 2 aromatic carbocycles. The highest BCUT2D eigenvalue weighted by atomic mass is 35.5. The van der Waals surface area contributed by atoms with Crippen LogP contribution in [0.4, 0.5) is 11.4 Å². The monoisotopic (exact) mass is 528 g/mol. The number of aromatic nitrogens is 1. The van der Waals surface area contributed by atoms with Gasteiger partial charge in [0.15, 0.2) is 0 Å². The molecule has 188 valence electrons. The van der Waals surface area contributed by atoms with E-state index in [4.69, 9.17) is 16.3 Å². The predicted octanol–water partition coefficient (Wildman–Crippen LogP) is 4.38. The first-order valence-corrected chi connectivity index (χ1v) is 13.0. The molecule has 1 aliphatic rings. The molecule has 3 aromatic rings. The van der Waals surface area contributed by atoms with Crippen LogP contribution in [-0.2, 0) is 22.5 Å². The van der Waals surface area contributed by atoms with E-state index < -0.39 is 21.8 Å². The molecule has 0 saturated carbocycles. The summed E-state index contributed by atoms with van der Waals surface area (Å²) in [7, 11) is -0.790. The number of hydrogen-bond donors (Lipinski definition) is 1. The summed E-state index contributed by atoms with van der Waals surface area (Å²) in [6, 6.07) is 12.6. The number of pyridine rings is 1. The number of methoxy groups -OCH3 is 1. The van der Waals surface area contributed by atoms with Crippen LogP contribution in [0.1, 0.15) is 52.7 Å². The standard InChI is InChI=1S/C26H26ClN3O5S/c1-15-20(13-14-21(35-6)29(15)5)30-24(31)22-18(27)11-12-19(23(22)25(30)32)28-36(33,34)17-9-7-16(8-10-17)26(2,3)4/h7-14H,1-6H3/p+1. The van der Waals surface area contributed by atoms with Gasteiger partial charge in [0, 0.05) is 6.92 Å². The third-order valence-corrected chi connectivity index (χ3v) is 8.00.